The number of hydrogen-bond acceptors (Lipinski definition) is 2. The van der Waals surface area contributed by atoms with E-state index in [0.29, 0.717) is 11.3 Å². The lowest BCUT2D eigenvalue weighted by Gasteiger charge is -2.13. The van der Waals surface area contributed by atoms with Crippen molar-refractivity contribution in [2.45, 2.75) is 13.3 Å². The summed E-state index contributed by atoms with van der Waals surface area (Å²) in [7, 11) is 3.55. The Morgan fingerprint density at radius 2 is 2.06 bits per heavy atom. The molecule has 2 aromatic heterocycles. The van der Waals surface area contributed by atoms with Gasteiger partial charge in [-0.25, -0.2) is 4.39 Å². The SMILES string of the molecule is CCN(C)CCc1ccn2ccc(OC)c(F)c12. The first-order chi connectivity index (χ1) is 8.67. The summed E-state index contributed by atoms with van der Waals surface area (Å²) in [5.74, 6) is 0.0189. The van der Waals surface area contributed by atoms with E-state index in [0.717, 1.165) is 25.1 Å². The number of fused-ring (bicyclic) bond motifs is 1. The molecule has 0 amide bonds. The number of rotatable bonds is 5. The Morgan fingerprint density at radius 3 is 2.72 bits per heavy atom. The van der Waals surface area contributed by atoms with Gasteiger partial charge in [-0.1, -0.05) is 6.92 Å². The molecule has 2 aromatic rings. The molecule has 0 radical (unpaired) electrons. The molecule has 0 aliphatic rings. The van der Waals surface area contributed by atoms with Crippen molar-refractivity contribution < 1.29 is 9.13 Å². The molecule has 0 bridgehead atoms. The van der Waals surface area contributed by atoms with Crippen LogP contribution in [0.5, 0.6) is 5.75 Å². The average Bonchev–Trinajstić information content (AvgIpc) is 2.80. The van der Waals surface area contributed by atoms with E-state index >= 15 is 0 Å². The number of nitrogens with zero attached hydrogens (tertiary/aromatic N) is 2. The number of ether oxygens (including phenoxy) is 1. The van der Waals surface area contributed by atoms with Gasteiger partial charge in [-0.15, -0.1) is 0 Å². The Kier molecular flexibility index (Phi) is 3.87. The number of aromatic nitrogens is 1. The molecule has 3 nitrogen and oxygen atoms in total. The zero-order chi connectivity index (χ0) is 13.1. The van der Waals surface area contributed by atoms with Gasteiger partial charge in [0, 0.05) is 18.9 Å². The third-order valence-electron chi connectivity index (χ3n) is 3.33. The van der Waals surface area contributed by atoms with Crippen LogP contribution in [0, 0.1) is 5.82 Å². The van der Waals surface area contributed by atoms with Gasteiger partial charge in [0.25, 0.3) is 0 Å². The molecule has 0 unspecified atom stereocenters. The molecular weight excluding hydrogens is 231 g/mol. The van der Waals surface area contributed by atoms with E-state index in [2.05, 4.69) is 18.9 Å². The van der Waals surface area contributed by atoms with E-state index in [4.69, 9.17) is 4.74 Å². The Balaban J connectivity index is 2.33. The van der Waals surface area contributed by atoms with Crippen LogP contribution in [0.2, 0.25) is 0 Å². The van der Waals surface area contributed by atoms with Crippen molar-refractivity contribution in [2.75, 3.05) is 27.2 Å². The van der Waals surface area contributed by atoms with Crippen molar-refractivity contribution in [3.8, 4) is 5.75 Å². The standard InChI is InChI=1S/C14H19FN2O/c1-4-16(2)8-5-11-6-9-17-10-7-12(18-3)13(15)14(11)17/h6-7,9-10H,4-5,8H2,1-3H3. The number of hydrogen-bond donors (Lipinski definition) is 0. The Labute approximate surface area is 107 Å². The van der Waals surface area contributed by atoms with Crippen LogP contribution in [-0.2, 0) is 6.42 Å². The molecule has 0 aliphatic heterocycles. The minimum absolute atomic E-state index is 0.279. The number of likely N-dealkylation sites (N-methyl/N-ethyl adjacent to an activating group) is 1. The molecule has 2 heterocycles. The van der Waals surface area contributed by atoms with Crippen LogP contribution in [-0.4, -0.2) is 36.5 Å². The second kappa shape index (κ2) is 5.40. The van der Waals surface area contributed by atoms with Crippen molar-refractivity contribution >= 4 is 5.52 Å². The minimum Gasteiger partial charge on any atom is -0.494 e. The molecule has 2 rings (SSSR count). The van der Waals surface area contributed by atoms with Gasteiger partial charge < -0.3 is 14.0 Å². The van der Waals surface area contributed by atoms with Crippen molar-refractivity contribution in [1.29, 1.82) is 0 Å². The summed E-state index contributed by atoms with van der Waals surface area (Å²) in [6.07, 6.45) is 4.55. The third kappa shape index (κ3) is 2.34. The Bertz CT molecular complexity index is 536. The van der Waals surface area contributed by atoms with Crippen LogP contribution in [0.15, 0.2) is 24.5 Å². The van der Waals surface area contributed by atoms with Crippen LogP contribution < -0.4 is 4.74 Å². The van der Waals surface area contributed by atoms with Gasteiger partial charge in [0.2, 0.25) is 0 Å². The quantitative estimate of drug-likeness (QED) is 0.811. The fourth-order valence-corrected chi connectivity index (χ4v) is 2.03. The van der Waals surface area contributed by atoms with E-state index in [1.165, 1.54) is 7.11 Å². The maximum atomic E-state index is 14.2. The largest absolute Gasteiger partial charge is 0.494 e. The predicted molar refractivity (Wildman–Crippen MR) is 70.8 cm³/mol. The fraction of sp³-hybridized carbons (Fsp3) is 0.429. The topological polar surface area (TPSA) is 16.9 Å². The highest BCUT2D eigenvalue weighted by atomic mass is 19.1. The molecule has 0 saturated heterocycles. The second-order valence-electron chi connectivity index (χ2n) is 4.44. The molecule has 98 valence electrons. The molecule has 4 heteroatoms. The first-order valence-electron chi connectivity index (χ1n) is 6.18. The summed E-state index contributed by atoms with van der Waals surface area (Å²) < 4.78 is 21.0. The van der Waals surface area contributed by atoms with Crippen LogP contribution in [0.25, 0.3) is 5.52 Å². The highest BCUT2D eigenvalue weighted by molar-refractivity contribution is 5.60. The van der Waals surface area contributed by atoms with Crippen molar-refractivity contribution in [3.05, 3.63) is 35.9 Å². The molecule has 18 heavy (non-hydrogen) atoms. The van der Waals surface area contributed by atoms with Gasteiger partial charge >= 0.3 is 0 Å². The number of methoxy groups -OCH3 is 1. The average molecular weight is 250 g/mol. The zero-order valence-electron chi connectivity index (χ0n) is 11.1. The van der Waals surface area contributed by atoms with E-state index in [9.17, 15) is 4.39 Å². The first-order valence-corrected chi connectivity index (χ1v) is 6.18. The van der Waals surface area contributed by atoms with Gasteiger partial charge in [0.05, 0.1) is 12.6 Å². The summed E-state index contributed by atoms with van der Waals surface area (Å²) in [6, 6.07) is 3.62. The normalized spacial score (nSPS) is 11.4. The van der Waals surface area contributed by atoms with Gasteiger partial charge in [-0.05, 0) is 37.7 Å². The summed E-state index contributed by atoms with van der Waals surface area (Å²) in [6.45, 7) is 4.03. The lowest BCUT2D eigenvalue weighted by atomic mass is 10.2. The third-order valence-corrected chi connectivity index (χ3v) is 3.33. The highest BCUT2D eigenvalue weighted by Crippen LogP contribution is 2.25. The second-order valence-corrected chi connectivity index (χ2v) is 4.44. The first kappa shape index (κ1) is 12.9. The summed E-state index contributed by atoms with van der Waals surface area (Å²) >= 11 is 0. The Morgan fingerprint density at radius 1 is 1.33 bits per heavy atom. The summed E-state index contributed by atoms with van der Waals surface area (Å²) in [5.41, 5.74) is 1.64. The monoisotopic (exact) mass is 250 g/mol. The van der Waals surface area contributed by atoms with Crippen LogP contribution >= 0.6 is 0 Å². The van der Waals surface area contributed by atoms with Crippen LogP contribution in [0.1, 0.15) is 12.5 Å². The lowest BCUT2D eigenvalue weighted by Crippen LogP contribution is -2.20. The Hall–Kier alpha value is -1.55. The molecule has 0 atom stereocenters. The van der Waals surface area contributed by atoms with Crippen molar-refractivity contribution in [1.82, 2.24) is 9.30 Å². The molecule has 0 spiro atoms. The van der Waals surface area contributed by atoms with Gasteiger partial charge in [-0.3, -0.25) is 0 Å². The fourth-order valence-electron chi connectivity index (χ4n) is 2.03. The van der Waals surface area contributed by atoms with Gasteiger partial charge in [0.1, 0.15) is 0 Å². The predicted octanol–water partition coefficient (Wildman–Crippen LogP) is 2.58. The minimum atomic E-state index is -0.279. The highest BCUT2D eigenvalue weighted by Gasteiger charge is 2.12. The molecule has 0 saturated carbocycles. The van der Waals surface area contributed by atoms with Crippen molar-refractivity contribution in [3.63, 3.8) is 0 Å². The molecule has 0 N–H and O–H groups in total. The van der Waals surface area contributed by atoms with E-state index in [-0.39, 0.29) is 5.82 Å². The molecule has 0 aliphatic carbocycles. The zero-order valence-corrected chi connectivity index (χ0v) is 11.1. The molecular formula is C14H19FN2O. The maximum absolute atomic E-state index is 14.2. The van der Waals surface area contributed by atoms with Crippen molar-refractivity contribution in [2.24, 2.45) is 0 Å². The van der Waals surface area contributed by atoms with E-state index < -0.39 is 0 Å². The lowest BCUT2D eigenvalue weighted by molar-refractivity contribution is 0.357. The van der Waals surface area contributed by atoms with Crippen LogP contribution in [0.4, 0.5) is 4.39 Å². The maximum Gasteiger partial charge on any atom is 0.189 e. The summed E-state index contributed by atoms with van der Waals surface area (Å²) in [5, 5.41) is 0. The van der Waals surface area contributed by atoms with E-state index in [1.807, 2.05) is 18.5 Å². The number of halogens is 1. The van der Waals surface area contributed by atoms with Gasteiger partial charge in [0.15, 0.2) is 11.6 Å². The smallest absolute Gasteiger partial charge is 0.189 e. The molecule has 0 fully saturated rings. The number of pyridine rings is 1. The molecule has 0 aromatic carbocycles. The van der Waals surface area contributed by atoms with Gasteiger partial charge in [-0.2, -0.15) is 0 Å². The van der Waals surface area contributed by atoms with Crippen LogP contribution in [0.3, 0.4) is 0 Å². The summed E-state index contributed by atoms with van der Waals surface area (Å²) in [4.78, 5) is 2.21. The van der Waals surface area contributed by atoms with E-state index in [1.54, 1.807) is 10.5 Å².